The number of aryl methyl sites for hydroxylation is 2. The number of carbonyl (C=O) groups excluding carboxylic acids is 1. The molecule has 0 radical (unpaired) electrons. The zero-order chi connectivity index (χ0) is 14.5. The minimum absolute atomic E-state index is 0.139. The molecule has 0 saturated heterocycles. The quantitative estimate of drug-likeness (QED) is 0.757. The summed E-state index contributed by atoms with van der Waals surface area (Å²) in [4.78, 5) is 14.8. The topological polar surface area (TPSA) is 20.3 Å². The number of rotatable bonds is 4. The van der Waals surface area contributed by atoms with Crippen LogP contribution in [0.5, 0.6) is 0 Å². The van der Waals surface area contributed by atoms with Crippen molar-refractivity contribution in [2.24, 2.45) is 0 Å². The molecule has 2 nitrogen and oxygen atoms in total. The summed E-state index contributed by atoms with van der Waals surface area (Å²) in [6.45, 7) is 4.78. The first kappa shape index (κ1) is 15.4. The standard InChI is InChI=1S/C17H24ClNO/c1-13-8-9-15(12-14(13)2)17(20)19(11-10-18)16-6-4-3-5-7-16/h8-9,12,16H,3-7,10-11H2,1-2H3. The van der Waals surface area contributed by atoms with Crippen molar-refractivity contribution in [1.82, 2.24) is 4.90 Å². The number of carbonyl (C=O) groups is 1. The van der Waals surface area contributed by atoms with Gasteiger partial charge in [-0.1, -0.05) is 25.3 Å². The van der Waals surface area contributed by atoms with Crippen LogP contribution in [0.4, 0.5) is 0 Å². The summed E-state index contributed by atoms with van der Waals surface area (Å²) in [6.07, 6.45) is 5.98. The highest BCUT2D eigenvalue weighted by Crippen LogP contribution is 2.24. The molecule has 1 amide bonds. The van der Waals surface area contributed by atoms with Crippen LogP contribution in [-0.4, -0.2) is 29.3 Å². The van der Waals surface area contributed by atoms with E-state index in [2.05, 4.69) is 13.8 Å². The molecular formula is C17H24ClNO. The van der Waals surface area contributed by atoms with Crippen LogP contribution in [0.15, 0.2) is 18.2 Å². The van der Waals surface area contributed by atoms with Gasteiger partial charge in [0.15, 0.2) is 0 Å². The molecule has 0 atom stereocenters. The summed E-state index contributed by atoms with van der Waals surface area (Å²) in [6, 6.07) is 6.34. The third kappa shape index (κ3) is 3.54. The molecule has 2 rings (SSSR count). The van der Waals surface area contributed by atoms with Crippen LogP contribution in [0.3, 0.4) is 0 Å². The van der Waals surface area contributed by atoms with Gasteiger partial charge in [-0.05, 0) is 49.9 Å². The monoisotopic (exact) mass is 293 g/mol. The summed E-state index contributed by atoms with van der Waals surface area (Å²) in [7, 11) is 0. The van der Waals surface area contributed by atoms with E-state index in [0.717, 1.165) is 18.4 Å². The average Bonchev–Trinajstić information content (AvgIpc) is 2.48. The van der Waals surface area contributed by atoms with Crippen molar-refractivity contribution in [2.45, 2.75) is 52.0 Å². The molecule has 0 heterocycles. The van der Waals surface area contributed by atoms with Crippen LogP contribution >= 0.6 is 11.6 Å². The van der Waals surface area contributed by atoms with Crippen LogP contribution < -0.4 is 0 Å². The predicted octanol–water partition coefficient (Wildman–Crippen LogP) is 4.32. The van der Waals surface area contributed by atoms with Gasteiger partial charge in [0.25, 0.3) is 5.91 Å². The molecule has 0 aromatic heterocycles. The lowest BCUT2D eigenvalue weighted by Crippen LogP contribution is -2.42. The molecule has 20 heavy (non-hydrogen) atoms. The number of hydrogen-bond acceptors (Lipinski definition) is 1. The van der Waals surface area contributed by atoms with Crippen molar-refractivity contribution in [3.8, 4) is 0 Å². The molecule has 1 aliphatic rings. The Balaban J connectivity index is 2.18. The zero-order valence-electron chi connectivity index (χ0n) is 12.5. The van der Waals surface area contributed by atoms with Gasteiger partial charge >= 0.3 is 0 Å². The number of alkyl halides is 1. The molecular weight excluding hydrogens is 270 g/mol. The van der Waals surface area contributed by atoms with Gasteiger partial charge in [-0.3, -0.25) is 4.79 Å². The van der Waals surface area contributed by atoms with E-state index in [-0.39, 0.29) is 5.91 Å². The highest BCUT2D eigenvalue weighted by Gasteiger charge is 2.25. The zero-order valence-corrected chi connectivity index (χ0v) is 13.2. The average molecular weight is 294 g/mol. The fourth-order valence-electron chi connectivity index (χ4n) is 2.97. The fraction of sp³-hybridized carbons (Fsp3) is 0.588. The van der Waals surface area contributed by atoms with Crippen LogP contribution in [0.1, 0.15) is 53.6 Å². The van der Waals surface area contributed by atoms with E-state index in [9.17, 15) is 4.79 Å². The minimum atomic E-state index is 0.139. The second-order valence-corrected chi connectivity index (χ2v) is 6.16. The van der Waals surface area contributed by atoms with Crippen molar-refractivity contribution in [1.29, 1.82) is 0 Å². The smallest absolute Gasteiger partial charge is 0.254 e. The Morgan fingerprint density at radius 2 is 1.90 bits per heavy atom. The summed E-state index contributed by atoms with van der Waals surface area (Å²) >= 11 is 5.91. The lowest BCUT2D eigenvalue weighted by molar-refractivity contribution is 0.0649. The molecule has 0 bridgehead atoms. The van der Waals surface area contributed by atoms with Gasteiger partial charge in [-0.2, -0.15) is 0 Å². The molecule has 0 N–H and O–H groups in total. The van der Waals surface area contributed by atoms with Crippen LogP contribution in [-0.2, 0) is 0 Å². The largest absolute Gasteiger partial charge is 0.334 e. The van der Waals surface area contributed by atoms with Gasteiger partial charge in [0.05, 0.1) is 0 Å². The molecule has 3 heteroatoms. The summed E-state index contributed by atoms with van der Waals surface area (Å²) in [5.41, 5.74) is 3.19. The maximum atomic E-state index is 12.8. The van der Waals surface area contributed by atoms with Crippen molar-refractivity contribution in [2.75, 3.05) is 12.4 Å². The van der Waals surface area contributed by atoms with E-state index in [1.807, 2.05) is 23.1 Å². The summed E-state index contributed by atoms with van der Waals surface area (Å²) in [5, 5.41) is 0. The predicted molar refractivity (Wildman–Crippen MR) is 84.5 cm³/mol. The number of benzene rings is 1. The van der Waals surface area contributed by atoms with E-state index in [4.69, 9.17) is 11.6 Å². The maximum Gasteiger partial charge on any atom is 0.254 e. The third-order valence-electron chi connectivity index (χ3n) is 4.36. The van der Waals surface area contributed by atoms with Gasteiger partial charge in [0, 0.05) is 24.0 Å². The Hall–Kier alpha value is -1.02. The SMILES string of the molecule is Cc1ccc(C(=O)N(CCCl)C2CCCCC2)cc1C. The third-order valence-corrected chi connectivity index (χ3v) is 4.52. The highest BCUT2D eigenvalue weighted by molar-refractivity contribution is 6.18. The van der Waals surface area contributed by atoms with Crippen molar-refractivity contribution >= 4 is 17.5 Å². The molecule has 1 aromatic carbocycles. The second kappa shape index (κ2) is 7.12. The Morgan fingerprint density at radius 3 is 2.50 bits per heavy atom. The first-order valence-electron chi connectivity index (χ1n) is 7.57. The first-order valence-corrected chi connectivity index (χ1v) is 8.11. The molecule has 0 spiro atoms. The Bertz CT molecular complexity index is 466. The Morgan fingerprint density at radius 1 is 1.20 bits per heavy atom. The molecule has 110 valence electrons. The van der Waals surface area contributed by atoms with Crippen LogP contribution in [0, 0.1) is 13.8 Å². The van der Waals surface area contributed by atoms with Crippen molar-refractivity contribution in [3.05, 3.63) is 34.9 Å². The van der Waals surface area contributed by atoms with E-state index in [1.165, 1.54) is 30.4 Å². The van der Waals surface area contributed by atoms with Crippen molar-refractivity contribution < 1.29 is 4.79 Å². The van der Waals surface area contributed by atoms with Gasteiger partial charge < -0.3 is 4.90 Å². The second-order valence-electron chi connectivity index (χ2n) is 5.78. The maximum absolute atomic E-state index is 12.8. The van der Waals surface area contributed by atoms with Gasteiger partial charge in [0.2, 0.25) is 0 Å². The van der Waals surface area contributed by atoms with E-state index >= 15 is 0 Å². The Kier molecular flexibility index (Phi) is 5.47. The van der Waals surface area contributed by atoms with Gasteiger partial charge in [0.1, 0.15) is 0 Å². The summed E-state index contributed by atoms with van der Waals surface area (Å²) in [5.74, 6) is 0.647. The molecule has 1 aromatic rings. The lowest BCUT2D eigenvalue weighted by atomic mass is 9.93. The van der Waals surface area contributed by atoms with E-state index in [0.29, 0.717) is 18.5 Å². The van der Waals surface area contributed by atoms with E-state index in [1.54, 1.807) is 0 Å². The van der Waals surface area contributed by atoms with E-state index < -0.39 is 0 Å². The number of amides is 1. The van der Waals surface area contributed by atoms with Crippen LogP contribution in [0.2, 0.25) is 0 Å². The van der Waals surface area contributed by atoms with Crippen LogP contribution in [0.25, 0.3) is 0 Å². The molecule has 1 saturated carbocycles. The summed E-state index contributed by atoms with van der Waals surface area (Å²) < 4.78 is 0. The minimum Gasteiger partial charge on any atom is -0.334 e. The normalized spacial score (nSPS) is 16.1. The molecule has 1 fully saturated rings. The Labute approximate surface area is 127 Å². The molecule has 0 aliphatic heterocycles. The van der Waals surface area contributed by atoms with Gasteiger partial charge in [-0.25, -0.2) is 0 Å². The number of hydrogen-bond donors (Lipinski definition) is 0. The molecule has 0 unspecified atom stereocenters. The molecule has 1 aliphatic carbocycles. The first-order chi connectivity index (χ1) is 9.63. The number of halogens is 1. The fourth-order valence-corrected chi connectivity index (χ4v) is 3.16. The lowest BCUT2D eigenvalue weighted by Gasteiger charge is -2.34. The number of nitrogens with zero attached hydrogens (tertiary/aromatic N) is 1. The van der Waals surface area contributed by atoms with Gasteiger partial charge in [-0.15, -0.1) is 11.6 Å². The van der Waals surface area contributed by atoms with Crippen molar-refractivity contribution in [3.63, 3.8) is 0 Å². The highest BCUT2D eigenvalue weighted by atomic mass is 35.5.